The third kappa shape index (κ3) is 1.77. The molecule has 0 aromatic rings. The van der Waals surface area contributed by atoms with Crippen molar-refractivity contribution in [3.05, 3.63) is 22.8 Å². The average molecular weight is 218 g/mol. The van der Waals surface area contributed by atoms with Gasteiger partial charge in [0.15, 0.2) is 5.78 Å². The van der Waals surface area contributed by atoms with Crippen molar-refractivity contribution in [3.8, 4) is 0 Å². The van der Waals surface area contributed by atoms with Crippen molar-refractivity contribution in [1.29, 1.82) is 0 Å². The summed E-state index contributed by atoms with van der Waals surface area (Å²) in [5, 5.41) is 0. The SMILES string of the molecule is CC(=O)C1=CC2=C(C)C(C)CCC2(C)CC1. The lowest BCUT2D eigenvalue weighted by Crippen LogP contribution is -2.29. The number of carbonyl (C=O) groups is 1. The molecule has 0 fully saturated rings. The number of carbonyl (C=O) groups excluding carboxylic acids is 1. The maximum atomic E-state index is 11.5. The number of allylic oxidation sites excluding steroid dienone is 4. The predicted molar refractivity (Wildman–Crippen MR) is 67.2 cm³/mol. The quantitative estimate of drug-likeness (QED) is 0.649. The Bertz CT molecular complexity index is 386. The molecule has 0 saturated carbocycles. The molecule has 0 saturated heterocycles. The second kappa shape index (κ2) is 3.87. The molecule has 2 aliphatic rings. The first-order chi connectivity index (χ1) is 7.44. The largest absolute Gasteiger partial charge is 0.295 e. The molecule has 0 aliphatic heterocycles. The van der Waals surface area contributed by atoms with E-state index in [2.05, 4.69) is 26.8 Å². The highest BCUT2D eigenvalue weighted by molar-refractivity contribution is 5.94. The fourth-order valence-electron chi connectivity index (χ4n) is 3.11. The molecule has 0 amide bonds. The molecule has 1 nitrogen and oxygen atoms in total. The van der Waals surface area contributed by atoms with Crippen LogP contribution in [-0.2, 0) is 4.79 Å². The molecule has 1 heteroatoms. The zero-order chi connectivity index (χ0) is 11.9. The third-order valence-corrected chi connectivity index (χ3v) is 4.66. The number of Topliss-reactive ketones (excluding diaryl/α,β-unsaturated/α-hetero) is 1. The molecule has 16 heavy (non-hydrogen) atoms. The number of ketones is 1. The highest BCUT2D eigenvalue weighted by Crippen LogP contribution is 2.49. The minimum absolute atomic E-state index is 0.251. The van der Waals surface area contributed by atoms with Gasteiger partial charge in [0, 0.05) is 0 Å². The maximum absolute atomic E-state index is 11.5. The van der Waals surface area contributed by atoms with Crippen LogP contribution in [0, 0.1) is 11.3 Å². The third-order valence-electron chi connectivity index (χ3n) is 4.66. The van der Waals surface area contributed by atoms with Crippen LogP contribution in [0.2, 0.25) is 0 Å². The topological polar surface area (TPSA) is 17.1 Å². The van der Waals surface area contributed by atoms with Gasteiger partial charge in [0.05, 0.1) is 0 Å². The van der Waals surface area contributed by atoms with Gasteiger partial charge in [0.1, 0.15) is 0 Å². The zero-order valence-electron chi connectivity index (χ0n) is 10.9. The molecular weight excluding hydrogens is 196 g/mol. The van der Waals surface area contributed by atoms with Crippen molar-refractivity contribution in [1.82, 2.24) is 0 Å². The molecule has 2 rings (SSSR count). The van der Waals surface area contributed by atoms with Crippen molar-refractivity contribution >= 4 is 5.78 Å². The molecule has 0 heterocycles. The maximum Gasteiger partial charge on any atom is 0.155 e. The van der Waals surface area contributed by atoms with Gasteiger partial charge in [-0.05, 0) is 62.0 Å². The standard InChI is InChI=1S/C15H22O/c1-10-5-7-15(4)8-6-13(12(3)16)9-14(15)11(10)2/h9-10H,5-8H2,1-4H3. The average Bonchev–Trinajstić information content (AvgIpc) is 2.24. The summed E-state index contributed by atoms with van der Waals surface area (Å²) < 4.78 is 0. The monoisotopic (exact) mass is 218 g/mol. The molecule has 0 spiro atoms. The molecule has 0 bridgehead atoms. The number of fused-ring (bicyclic) bond motifs is 1. The molecule has 2 unspecified atom stereocenters. The summed E-state index contributed by atoms with van der Waals surface area (Å²) in [5.41, 5.74) is 4.34. The fraction of sp³-hybridized carbons (Fsp3) is 0.667. The molecule has 2 aliphatic carbocycles. The first-order valence-electron chi connectivity index (χ1n) is 6.37. The van der Waals surface area contributed by atoms with Crippen molar-refractivity contribution in [3.63, 3.8) is 0 Å². The van der Waals surface area contributed by atoms with Gasteiger partial charge >= 0.3 is 0 Å². The van der Waals surface area contributed by atoms with E-state index >= 15 is 0 Å². The predicted octanol–water partition coefficient (Wildman–Crippen LogP) is 4.05. The Kier molecular flexibility index (Phi) is 2.81. The van der Waals surface area contributed by atoms with E-state index < -0.39 is 0 Å². The van der Waals surface area contributed by atoms with Gasteiger partial charge in [0.2, 0.25) is 0 Å². The normalized spacial score (nSPS) is 34.5. The fourth-order valence-corrected chi connectivity index (χ4v) is 3.11. The highest BCUT2D eigenvalue weighted by Gasteiger charge is 2.37. The summed E-state index contributed by atoms with van der Waals surface area (Å²) >= 11 is 0. The van der Waals surface area contributed by atoms with Crippen LogP contribution in [0.25, 0.3) is 0 Å². The van der Waals surface area contributed by atoms with Crippen LogP contribution in [0.4, 0.5) is 0 Å². The minimum Gasteiger partial charge on any atom is -0.295 e. The van der Waals surface area contributed by atoms with Crippen LogP contribution in [-0.4, -0.2) is 5.78 Å². The molecule has 0 radical (unpaired) electrons. The van der Waals surface area contributed by atoms with Crippen molar-refractivity contribution < 1.29 is 4.79 Å². The van der Waals surface area contributed by atoms with Crippen LogP contribution in [0.5, 0.6) is 0 Å². The smallest absolute Gasteiger partial charge is 0.155 e. The highest BCUT2D eigenvalue weighted by atomic mass is 16.1. The Morgan fingerprint density at radius 1 is 1.44 bits per heavy atom. The Labute approximate surface area is 98.6 Å². The first-order valence-corrected chi connectivity index (χ1v) is 6.37. The van der Waals surface area contributed by atoms with Gasteiger partial charge in [-0.1, -0.05) is 25.5 Å². The lowest BCUT2D eigenvalue weighted by atomic mass is 9.63. The Balaban J connectivity index is 2.48. The van der Waals surface area contributed by atoms with Gasteiger partial charge < -0.3 is 0 Å². The number of hydrogen-bond acceptors (Lipinski definition) is 1. The summed E-state index contributed by atoms with van der Waals surface area (Å²) in [4.78, 5) is 11.5. The number of hydrogen-bond donors (Lipinski definition) is 0. The van der Waals surface area contributed by atoms with Crippen LogP contribution in [0.15, 0.2) is 22.8 Å². The Morgan fingerprint density at radius 2 is 2.12 bits per heavy atom. The van der Waals surface area contributed by atoms with E-state index in [0.717, 1.165) is 18.4 Å². The van der Waals surface area contributed by atoms with E-state index in [9.17, 15) is 4.79 Å². The second-order valence-electron chi connectivity index (χ2n) is 5.82. The summed E-state index contributed by atoms with van der Waals surface area (Å²) in [6.45, 7) is 8.61. The molecular formula is C15H22O. The van der Waals surface area contributed by atoms with E-state index in [1.807, 2.05) is 0 Å². The summed E-state index contributed by atoms with van der Waals surface area (Å²) in [6, 6.07) is 0. The zero-order valence-corrected chi connectivity index (χ0v) is 10.9. The van der Waals surface area contributed by atoms with E-state index in [1.54, 1.807) is 6.92 Å². The van der Waals surface area contributed by atoms with Crippen molar-refractivity contribution in [2.75, 3.05) is 0 Å². The van der Waals surface area contributed by atoms with E-state index in [1.165, 1.54) is 24.0 Å². The van der Waals surface area contributed by atoms with E-state index in [0.29, 0.717) is 11.3 Å². The lowest BCUT2D eigenvalue weighted by molar-refractivity contribution is -0.113. The van der Waals surface area contributed by atoms with Gasteiger partial charge in [-0.15, -0.1) is 0 Å². The van der Waals surface area contributed by atoms with Crippen LogP contribution in [0.1, 0.15) is 53.4 Å². The molecule has 0 N–H and O–H groups in total. The van der Waals surface area contributed by atoms with Crippen LogP contribution in [0.3, 0.4) is 0 Å². The molecule has 88 valence electrons. The van der Waals surface area contributed by atoms with Gasteiger partial charge in [-0.25, -0.2) is 0 Å². The second-order valence-corrected chi connectivity index (χ2v) is 5.82. The summed E-state index contributed by atoms with van der Waals surface area (Å²) in [5.74, 6) is 0.936. The summed E-state index contributed by atoms with van der Waals surface area (Å²) in [6.07, 6.45) is 6.89. The van der Waals surface area contributed by atoms with Crippen molar-refractivity contribution in [2.24, 2.45) is 11.3 Å². The van der Waals surface area contributed by atoms with Crippen LogP contribution >= 0.6 is 0 Å². The van der Waals surface area contributed by atoms with E-state index in [-0.39, 0.29) is 5.78 Å². The molecule has 2 atom stereocenters. The van der Waals surface area contributed by atoms with Gasteiger partial charge in [0.25, 0.3) is 0 Å². The van der Waals surface area contributed by atoms with Crippen LogP contribution < -0.4 is 0 Å². The summed E-state index contributed by atoms with van der Waals surface area (Å²) in [7, 11) is 0. The van der Waals surface area contributed by atoms with E-state index in [4.69, 9.17) is 0 Å². The Hall–Kier alpha value is -0.850. The first kappa shape index (κ1) is 11.6. The molecule has 0 aromatic heterocycles. The Morgan fingerprint density at radius 3 is 2.75 bits per heavy atom. The molecule has 0 aromatic carbocycles. The van der Waals surface area contributed by atoms with Crippen molar-refractivity contribution in [2.45, 2.75) is 53.4 Å². The van der Waals surface area contributed by atoms with Gasteiger partial charge in [-0.2, -0.15) is 0 Å². The lowest BCUT2D eigenvalue weighted by Gasteiger charge is -2.42. The minimum atomic E-state index is 0.251. The van der Waals surface area contributed by atoms with Gasteiger partial charge in [-0.3, -0.25) is 4.79 Å². The number of rotatable bonds is 1.